The van der Waals surface area contributed by atoms with E-state index in [1.165, 1.54) is 5.56 Å². The number of nitrogens with zero attached hydrogens (tertiary/aromatic N) is 1. The van der Waals surface area contributed by atoms with E-state index >= 15 is 0 Å². The van der Waals surface area contributed by atoms with E-state index in [2.05, 4.69) is 28.1 Å². The standard InChI is InChI=1S/C15H16BrNO2/c1-11(7-8-12-5-3-2-4-6-12)17-10-13(16)9-14(17)15(18)19/h2-6,9-11H,7-8H2,1H3,(H,18,19). The van der Waals surface area contributed by atoms with Gasteiger partial charge >= 0.3 is 5.97 Å². The maximum Gasteiger partial charge on any atom is 0.352 e. The third-order valence-electron chi connectivity index (χ3n) is 3.20. The lowest BCUT2D eigenvalue weighted by Crippen LogP contribution is -2.12. The number of hydrogen-bond acceptors (Lipinski definition) is 1. The number of carbonyl (C=O) groups is 1. The molecule has 2 rings (SSSR count). The van der Waals surface area contributed by atoms with Crippen molar-refractivity contribution in [2.24, 2.45) is 0 Å². The monoisotopic (exact) mass is 321 g/mol. The van der Waals surface area contributed by atoms with Crippen molar-refractivity contribution >= 4 is 21.9 Å². The molecule has 1 heterocycles. The van der Waals surface area contributed by atoms with Gasteiger partial charge in [0.05, 0.1) is 0 Å². The Balaban J connectivity index is 2.08. The van der Waals surface area contributed by atoms with Gasteiger partial charge in [-0.2, -0.15) is 0 Å². The van der Waals surface area contributed by atoms with Gasteiger partial charge in [-0.05, 0) is 47.3 Å². The number of rotatable bonds is 5. The second-order valence-electron chi connectivity index (χ2n) is 4.63. The van der Waals surface area contributed by atoms with E-state index in [-0.39, 0.29) is 6.04 Å². The zero-order chi connectivity index (χ0) is 13.8. The lowest BCUT2D eigenvalue weighted by Gasteiger charge is -2.15. The zero-order valence-electron chi connectivity index (χ0n) is 10.7. The molecule has 0 radical (unpaired) electrons. The van der Waals surface area contributed by atoms with Gasteiger partial charge in [0.2, 0.25) is 0 Å². The van der Waals surface area contributed by atoms with Crippen LogP contribution in [0, 0.1) is 0 Å². The summed E-state index contributed by atoms with van der Waals surface area (Å²) < 4.78 is 2.62. The predicted molar refractivity (Wildman–Crippen MR) is 78.6 cm³/mol. The Morgan fingerprint density at radius 1 is 1.37 bits per heavy atom. The molecular formula is C15H16BrNO2. The second-order valence-corrected chi connectivity index (χ2v) is 5.54. The molecule has 0 aliphatic rings. The molecule has 1 N–H and O–H groups in total. The number of aromatic nitrogens is 1. The number of halogens is 1. The minimum absolute atomic E-state index is 0.151. The molecular weight excluding hydrogens is 306 g/mol. The van der Waals surface area contributed by atoms with E-state index in [0.717, 1.165) is 17.3 Å². The van der Waals surface area contributed by atoms with Crippen LogP contribution in [0.4, 0.5) is 0 Å². The van der Waals surface area contributed by atoms with Gasteiger partial charge in [0.25, 0.3) is 0 Å². The first-order chi connectivity index (χ1) is 9.08. The fraction of sp³-hybridized carbons (Fsp3) is 0.267. The van der Waals surface area contributed by atoms with Gasteiger partial charge in [-0.1, -0.05) is 30.3 Å². The molecule has 0 fully saturated rings. The number of hydrogen-bond donors (Lipinski definition) is 1. The fourth-order valence-corrected chi connectivity index (χ4v) is 2.58. The lowest BCUT2D eigenvalue weighted by atomic mass is 10.1. The highest BCUT2D eigenvalue weighted by Gasteiger charge is 2.15. The molecule has 19 heavy (non-hydrogen) atoms. The lowest BCUT2D eigenvalue weighted by molar-refractivity contribution is 0.0682. The highest BCUT2D eigenvalue weighted by Crippen LogP contribution is 2.22. The number of aryl methyl sites for hydroxylation is 1. The molecule has 0 aliphatic carbocycles. The van der Waals surface area contributed by atoms with Crippen molar-refractivity contribution in [3.05, 3.63) is 58.3 Å². The fourth-order valence-electron chi connectivity index (χ4n) is 2.14. The molecule has 1 unspecified atom stereocenters. The topological polar surface area (TPSA) is 42.2 Å². The van der Waals surface area contributed by atoms with Crippen molar-refractivity contribution in [2.75, 3.05) is 0 Å². The summed E-state index contributed by atoms with van der Waals surface area (Å²) in [4.78, 5) is 11.2. The van der Waals surface area contributed by atoms with Crippen LogP contribution in [-0.2, 0) is 6.42 Å². The maximum absolute atomic E-state index is 11.2. The Morgan fingerprint density at radius 3 is 2.68 bits per heavy atom. The summed E-state index contributed by atoms with van der Waals surface area (Å²) in [7, 11) is 0. The first kappa shape index (κ1) is 13.9. The van der Waals surface area contributed by atoms with Crippen LogP contribution < -0.4 is 0 Å². The van der Waals surface area contributed by atoms with Crippen LogP contribution in [0.2, 0.25) is 0 Å². The van der Waals surface area contributed by atoms with Crippen LogP contribution in [0.3, 0.4) is 0 Å². The molecule has 0 aliphatic heterocycles. The summed E-state index contributed by atoms with van der Waals surface area (Å²) in [5.74, 6) is -0.891. The third-order valence-corrected chi connectivity index (χ3v) is 3.64. The van der Waals surface area contributed by atoms with Gasteiger partial charge in [0, 0.05) is 16.7 Å². The Labute approximate surface area is 121 Å². The van der Waals surface area contributed by atoms with Crippen molar-refractivity contribution in [1.29, 1.82) is 0 Å². The largest absolute Gasteiger partial charge is 0.477 e. The summed E-state index contributed by atoms with van der Waals surface area (Å²) in [6.07, 6.45) is 3.68. The van der Waals surface area contributed by atoms with Crippen molar-refractivity contribution < 1.29 is 9.90 Å². The first-order valence-electron chi connectivity index (χ1n) is 6.22. The van der Waals surface area contributed by atoms with Crippen LogP contribution in [-0.4, -0.2) is 15.6 Å². The van der Waals surface area contributed by atoms with Gasteiger partial charge in [-0.25, -0.2) is 4.79 Å². The van der Waals surface area contributed by atoms with Crippen LogP contribution in [0.5, 0.6) is 0 Å². The SMILES string of the molecule is CC(CCc1ccccc1)n1cc(Br)cc1C(=O)O. The summed E-state index contributed by atoms with van der Waals surface area (Å²) in [6.45, 7) is 2.04. The van der Waals surface area contributed by atoms with Crippen molar-refractivity contribution in [3.63, 3.8) is 0 Å². The maximum atomic E-state index is 11.2. The second kappa shape index (κ2) is 6.06. The van der Waals surface area contributed by atoms with Crippen LogP contribution in [0.25, 0.3) is 0 Å². The minimum Gasteiger partial charge on any atom is -0.477 e. The van der Waals surface area contributed by atoms with E-state index in [1.807, 2.05) is 35.9 Å². The smallest absolute Gasteiger partial charge is 0.352 e. The molecule has 0 saturated heterocycles. The van der Waals surface area contributed by atoms with Crippen molar-refractivity contribution in [2.45, 2.75) is 25.8 Å². The average Bonchev–Trinajstić information content (AvgIpc) is 2.79. The molecule has 4 heteroatoms. The first-order valence-corrected chi connectivity index (χ1v) is 7.02. The number of benzene rings is 1. The van der Waals surface area contributed by atoms with E-state index in [9.17, 15) is 9.90 Å². The van der Waals surface area contributed by atoms with Gasteiger partial charge in [-0.15, -0.1) is 0 Å². The summed E-state index contributed by atoms with van der Waals surface area (Å²) in [5.41, 5.74) is 1.60. The number of carboxylic acid groups (broad SMARTS) is 1. The van der Waals surface area contributed by atoms with E-state index in [0.29, 0.717) is 5.69 Å². The third kappa shape index (κ3) is 3.47. The highest BCUT2D eigenvalue weighted by molar-refractivity contribution is 9.10. The van der Waals surface area contributed by atoms with Gasteiger partial charge < -0.3 is 9.67 Å². The Kier molecular flexibility index (Phi) is 4.43. The molecule has 2 aromatic rings. The van der Waals surface area contributed by atoms with E-state index < -0.39 is 5.97 Å². The molecule has 0 saturated carbocycles. The molecule has 3 nitrogen and oxygen atoms in total. The zero-order valence-corrected chi connectivity index (χ0v) is 12.3. The summed E-state index contributed by atoms with van der Waals surface area (Å²) in [5, 5.41) is 9.17. The Morgan fingerprint density at radius 2 is 2.05 bits per heavy atom. The van der Waals surface area contributed by atoms with Gasteiger partial charge in [0.15, 0.2) is 0 Å². The molecule has 1 aromatic heterocycles. The van der Waals surface area contributed by atoms with Crippen LogP contribution in [0.1, 0.15) is 35.4 Å². The number of aromatic carboxylic acids is 1. The van der Waals surface area contributed by atoms with Crippen molar-refractivity contribution in [3.8, 4) is 0 Å². The average molecular weight is 322 g/mol. The van der Waals surface area contributed by atoms with Crippen LogP contribution in [0.15, 0.2) is 47.1 Å². The summed E-state index contributed by atoms with van der Waals surface area (Å²) in [6, 6.07) is 12.0. The van der Waals surface area contributed by atoms with Gasteiger partial charge in [-0.3, -0.25) is 0 Å². The molecule has 100 valence electrons. The van der Waals surface area contributed by atoms with Crippen LogP contribution >= 0.6 is 15.9 Å². The highest BCUT2D eigenvalue weighted by atomic mass is 79.9. The Bertz CT molecular complexity index is 563. The predicted octanol–water partition coefficient (Wildman–Crippen LogP) is 4.14. The molecule has 0 amide bonds. The Hall–Kier alpha value is -1.55. The molecule has 0 bridgehead atoms. The minimum atomic E-state index is -0.891. The number of carboxylic acids is 1. The molecule has 1 aromatic carbocycles. The van der Waals surface area contributed by atoms with Gasteiger partial charge in [0.1, 0.15) is 5.69 Å². The summed E-state index contributed by atoms with van der Waals surface area (Å²) >= 11 is 3.33. The van der Waals surface area contributed by atoms with E-state index in [1.54, 1.807) is 6.07 Å². The molecule has 1 atom stereocenters. The quantitative estimate of drug-likeness (QED) is 0.899. The molecule has 0 spiro atoms. The van der Waals surface area contributed by atoms with E-state index in [4.69, 9.17) is 0 Å². The van der Waals surface area contributed by atoms with Crippen molar-refractivity contribution in [1.82, 2.24) is 4.57 Å². The normalized spacial score (nSPS) is 12.3.